The Bertz CT molecular complexity index is 818. The molecule has 0 unspecified atom stereocenters. The van der Waals surface area contributed by atoms with E-state index in [-0.39, 0.29) is 5.56 Å². The lowest BCUT2D eigenvalue weighted by Gasteiger charge is -2.08. The normalized spacial score (nSPS) is 10.5. The lowest BCUT2D eigenvalue weighted by atomic mass is 10.1. The number of rotatable bonds is 2. The Hall–Kier alpha value is -2.68. The number of aromatic nitrogens is 2. The van der Waals surface area contributed by atoms with Gasteiger partial charge in [0.15, 0.2) is 0 Å². The zero-order valence-electron chi connectivity index (χ0n) is 10.3. The van der Waals surface area contributed by atoms with Crippen molar-refractivity contribution >= 4 is 16.8 Å². The fourth-order valence-corrected chi connectivity index (χ4v) is 2.12. The van der Waals surface area contributed by atoms with Gasteiger partial charge in [0.05, 0.1) is 17.3 Å². The number of fused-ring (bicyclic) bond motifs is 1. The summed E-state index contributed by atoms with van der Waals surface area (Å²) in [6.07, 6.45) is 3.43. The van der Waals surface area contributed by atoms with Gasteiger partial charge in [0, 0.05) is 5.39 Å². The third-order valence-electron chi connectivity index (χ3n) is 3.08. The van der Waals surface area contributed by atoms with E-state index in [0.29, 0.717) is 5.39 Å². The summed E-state index contributed by atoms with van der Waals surface area (Å²) < 4.78 is 1.42. The van der Waals surface area contributed by atoms with E-state index in [4.69, 9.17) is 0 Å². The zero-order valence-corrected chi connectivity index (χ0v) is 10.3. The minimum Gasteiger partial charge on any atom is -0.267 e. The summed E-state index contributed by atoms with van der Waals surface area (Å²) in [6.45, 7) is 3.77. The predicted molar refractivity (Wildman–Crippen MR) is 77.4 cm³/mol. The molecule has 0 spiro atoms. The van der Waals surface area contributed by atoms with E-state index in [2.05, 4.69) is 11.7 Å². The van der Waals surface area contributed by atoms with Crippen molar-refractivity contribution in [1.29, 1.82) is 0 Å². The Morgan fingerprint density at radius 1 is 1.05 bits per heavy atom. The summed E-state index contributed by atoms with van der Waals surface area (Å²) >= 11 is 0. The van der Waals surface area contributed by atoms with Gasteiger partial charge in [-0.25, -0.2) is 0 Å². The van der Waals surface area contributed by atoms with Crippen LogP contribution in [0.5, 0.6) is 0 Å². The fourth-order valence-electron chi connectivity index (χ4n) is 2.12. The predicted octanol–water partition coefficient (Wildman–Crippen LogP) is 3.03. The van der Waals surface area contributed by atoms with E-state index in [1.54, 1.807) is 12.3 Å². The van der Waals surface area contributed by atoms with Gasteiger partial charge in [-0.2, -0.15) is 9.78 Å². The maximum atomic E-state index is 12.5. The Morgan fingerprint density at radius 2 is 1.79 bits per heavy atom. The van der Waals surface area contributed by atoms with Crippen molar-refractivity contribution in [2.75, 3.05) is 0 Å². The molecular weight excluding hydrogens is 236 g/mol. The van der Waals surface area contributed by atoms with Crippen LogP contribution < -0.4 is 5.56 Å². The first-order valence-corrected chi connectivity index (χ1v) is 6.00. The van der Waals surface area contributed by atoms with Gasteiger partial charge in [0.25, 0.3) is 5.56 Å². The molecule has 0 N–H and O–H groups in total. The monoisotopic (exact) mass is 248 g/mol. The van der Waals surface area contributed by atoms with E-state index in [9.17, 15) is 4.79 Å². The topological polar surface area (TPSA) is 34.9 Å². The summed E-state index contributed by atoms with van der Waals surface area (Å²) in [6, 6.07) is 15.0. The van der Waals surface area contributed by atoms with Crippen LogP contribution in [0.4, 0.5) is 0 Å². The fraction of sp³-hybridized carbons (Fsp3) is 0. The van der Waals surface area contributed by atoms with Crippen molar-refractivity contribution < 1.29 is 0 Å². The highest BCUT2D eigenvalue weighted by molar-refractivity contribution is 5.80. The van der Waals surface area contributed by atoms with E-state index >= 15 is 0 Å². The molecule has 0 atom stereocenters. The molecule has 0 bridgehead atoms. The van der Waals surface area contributed by atoms with Crippen LogP contribution >= 0.6 is 0 Å². The van der Waals surface area contributed by atoms with Crippen LogP contribution in [0.1, 0.15) is 5.56 Å². The number of para-hydroxylation sites is 1. The molecule has 0 saturated heterocycles. The van der Waals surface area contributed by atoms with Crippen molar-refractivity contribution in [3.8, 4) is 5.69 Å². The lowest BCUT2D eigenvalue weighted by molar-refractivity contribution is 0.819. The number of benzene rings is 2. The first-order valence-electron chi connectivity index (χ1n) is 6.00. The highest BCUT2D eigenvalue weighted by Gasteiger charge is 2.07. The van der Waals surface area contributed by atoms with E-state index in [1.807, 2.05) is 48.5 Å². The molecule has 0 aliphatic rings. The molecule has 3 aromatic rings. The van der Waals surface area contributed by atoms with Gasteiger partial charge >= 0.3 is 0 Å². The quantitative estimate of drug-likeness (QED) is 0.698. The van der Waals surface area contributed by atoms with Gasteiger partial charge in [-0.05, 0) is 17.7 Å². The molecule has 19 heavy (non-hydrogen) atoms. The zero-order chi connectivity index (χ0) is 13.2. The van der Waals surface area contributed by atoms with Gasteiger partial charge in [0.2, 0.25) is 0 Å². The van der Waals surface area contributed by atoms with Crippen LogP contribution in [0.2, 0.25) is 0 Å². The second-order valence-corrected chi connectivity index (χ2v) is 4.21. The van der Waals surface area contributed by atoms with Gasteiger partial charge in [-0.3, -0.25) is 4.79 Å². The molecule has 92 valence electrons. The highest BCUT2D eigenvalue weighted by Crippen LogP contribution is 2.14. The molecule has 1 aromatic heterocycles. The van der Waals surface area contributed by atoms with Crippen LogP contribution in [-0.2, 0) is 0 Å². The van der Waals surface area contributed by atoms with Crippen LogP contribution in [0.3, 0.4) is 0 Å². The SMILES string of the molecule is C=Cc1ccccc1-n1ncc2ccccc2c1=O. The third kappa shape index (κ3) is 1.85. The molecule has 3 nitrogen and oxygen atoms in total. The minimum absolute atomic E-state index is 0.118. The maximum Gasteiger partial charge on any atom is 0.279 e. The second kappa shape index (κ2) is 4.53. The van der Waals surface area contributed by atoms with Gasteiger partial charge in [-0.1, -0.05) is 49.1 Å². The summed E-state index contributed by atoms with van der Waals surface area (Å²) in [4.78, 5) is 12.5. The van der Waals surface area contributed by atoms with Crippen LogP contribution in [0.15, 0.2) is 66.1 Å². The van der Waals surface area contributed by atoms with E-state index in [0.717, 1.165) is 16.6 Å². The number of hydrogen-bond acceptors (Lipinski definition) is 2. The van der Waals surface area contributed by atoms with Gasteiger partial charge in [-0.15, -0.1) is 0 Å². The van der Waals surface area contributed by atoms with Crippen molar-refractivity contribution in [3.63, 3.8) is 0 Å². The summed E-state index contributed by atoms with van der Waals surface area (Å²) in [7, 11) is 0. The first kappa shape index (κ1) is 11.4. The maximum absolute atomic E-state index is 12.5. The minimum atomic E-state index is -0.118. The Balaban J connectivity index is 2.35. The van der Waals surface area contributed by atoms with Crippen LogP contribution in [0.25, 0.3) is 22.5 Å². The Labute approximate surface area is 110 Å². The van der Waals surface area contributed by atoms with Gasteiger partial charge in [0.1, 0.15) is 0 Å². The van der Waals surface area contributed by atoms with E-state index in [1.165, 1.54) is 4.68 Å². The Kier molecular flexibility index (Phi) is 2.72. The average molecular weight is 248 g/mol. The van der Waals surface area contributed by atoms with Crippen LogP contribution in [0, 0.1) is 0 Å². The average Bonchev–Trinajstić information content (AvgIpc) is 2.48. The second-order valence-electron chi connectivity index (χ2n) is 4.21. The van der Waals surface area contributed by atoms with Crippen molar-refractivity contribution in [1.82, 2.24) is 9.78 Å². The molecule has 0 aliphatic carbocycles. The van der Waals surface area contributed by atoms with Crippen molar-refractivity contribution in [2.24, 2.45) is 0 Å². The number of nitrogens with zero attached hydrogens (tertiary/aromatic N) is 2. The van der Waals surface area contributed by atoms with Gasteiger partial charge < -0.3 is 0 Å². The molecule has 2 aromatic carbocycles. The summed E-state index contributed by atoms with van der Waals surface area (Å²) in [5.74, 6) is 0. The van der Waals surface area contributed by atoms with Crippen molar-refractivity contribution in [3.05, 3.63) is 77.2 Å². The van der Waals surface area contributed by atoms with Crippen LogP contribution in [-0.4, -0.2) is 9.78 Å². The summed E-state index contributed by atoms with van der Waals surface area (Å²) in [5, 5.41) is 5.75. The third-order valence-corrected chi connectivity index (χ3v) is 3.08. The molecule has 0 saturated carbocycles. The molecule has 0 fully saturated rings. The molecule has 1 heterocycles. The highest BCUT2D eigenvalue weighted by atomic mass is 16.1. The lowest BCUT2D eigenvalue weighted by Crippen LogP contribution is -2.21. The molecule has 0 radical (unpaired) electrons. The standard InChI is InChI=1S/C16H12N2O/c1-2-12-7-4-6-10-15(12)18-16(19)14-9-5-3-8-13(14)11-17-18/h2-11H,1H2. The molecule has 0 aliphatic heterocycles. The van der Waals surface area contributed by atoms with Crippen molar-refractivity contribution in [2.45, 2.75) is 0 Å². The molecule has 0 amide bonds. The summed E-state index contributed by atoms with van der Waals surface area (Å²) in [5.41, 5.74) is 1.51. The first-order chi connectivity index (χ1) is 9.31. The smallest absolute Gasteiger partial charge is 0.267 e. The Morgan fingerprint density at radius 3 is 2.63 bits per heavy atom. The molecule has 3 rings (SSSR count). The molecule has 3 heteroatoms. The molecular formula is C16H12N2O. The largest absolute Gasteiger partial charge is 0.279 e. The number of hydrogen-bond donors (Lipinski definition) is 0. The van der Waals surface area contributed by atoms with E-state index < -0.39 is 0 Å².